The van der Waals surface area contributed by atoms with Crippen molar-refractivity contribution in [3.63, 3.8) is 0 Å². The van der Waals surface area contributed by atoms with E-state index in [0.29, 0.717) is 12.3 Å². The van der Waals surface area contributed by atoms with Gasteiger partial charge in [-0.3, -0.25) is 9.69 Å². The van der Waals surface area contributed by atoms with E-state index >= 15 is 0 Å². The van der Waals surface area contributed by atoms with Gasteiger partial charge in [0.25, 0.3) is 0 Å². The van der Waals surface area contributed by atoms with Crippen molar-refractivity contribution in [1.82, 2.24) is 4.90 Å². The van der Waals surface area contributed by atoms with Crippen LogP contribution in [0.1, 0.15) is 28.3 Å². The first-order valence-electron chi connectivity index (χ1n) is 10.5. The number of ether oxygens (including phenoxy) is 2. The topological polar surface area (TPSA) is 50.8 Å². The Kier molecular flexibility index (Phi) is 6.23. The molecule has 1 atom stereocenters. The highest BCUT2D eigenvalue weighted by Crippen LogP contribution is 2.40. The number of hydrogen-bond donors (Lipinski definition) is 1. The van der Waals surface area contributed by atoms with E-state index in [1.807, 2.05) is 49.4 Å². The zero-order chi connectivity index (χ0) is 21.8. The van der Waals surface area contributed by atoms with E-state index in [-0.39, 0.29) is 11.9 Å². The van der Waals surface area contributed by atoms with Gasteiger partial charge in [0, 0.05) is 12.2 Å². The smallest absolute Gasteiger partial charge is 0.238 e. The van der Waals surface area contributed by atoms with E-state index in [9.17, 15) is 4.79 Å². The summed E-state index contributed by atoms with van der Waals surface area (Å²) >= 11 is 0. The Hall–Kier alpha value is -3.31. The summed E-state index contributed by atoms with van der Waals surface area (Å²) < 4.78 is 11.1. The number of para-hydroxylation sites is 1. The number of rotatable bonds is 6. The highest BCUT2D eigenvalue weighted by Gasteiger charge is 2.31. The molecule has 1 N–H and O–H groups in total. The van der Waals surface area contributed by atoms with Crippen molar-refractivity contribution < 1.29 is 14.3 Å². The van der Waals surface area contributed by atoms with Crippen LogP contribution in [-0.4, -0.2) is 38.1 Å². The quantitative estimate of drug-likeness (QED) is 0.638. The molecule has 0 saturated heterocycles. The fraction of sp³-hybridized carbons (Fsp3) is 0.269. The van der Waals surface area contributed by atoms with E-state index in [1.54, 1.807) is 14.2 Å². The number of hydrogen-bond acceptors (Lipinski definition) is 4. The highest BCUT2D eigenvalue weighted by atomic mass is 16.5. The summed E-state index contributed by atoms with van der Waals surface area (Å²) in [5, 5.41) is 3.07. The second-order valence-corrected chi connectivity index (χ2v) is 7.80. The number of carbonyl (C=O) groups is 1. The Morgan fingerprint density at radius 2 is 1.68 bits per heavy atom. The van der Waals surface area contributed by atoms with E-state index in [1.165, 1.54) is 5.56 Å². The molecule has 0 spiro atoms. The second-order valence-electron chi connectivity index (χ2n) is 7.80. The van der Waals surface area contributed by atoms with Gasteiger partial charge >= 0.3 is 0 Å². The maximum atomic E-state index is 12.9. The number of nitrogens with zero attached hydrogens (tertiary/aromatic N) is 1. The molecule has 1 aliphatic heterocycles. The summed E-state index contributed by atoms with van der Waals surface area (Å²) in [4.78, 5) is 15.2. The van der Waals surface area contributed by atoms with Gasteiger partial charge < -0.3 is 14.8 Å². The Balaban J connectivity index is 1.66. The predicted molar refractivity (Wildman–Crippen MR) is 123 cm³/mol. The second kappa shape index (κ2) is 9.23. The molecule has 160 valence electrons. The molecule has 5 heteroatoms. The summed E-state index contributed by atoms with van der Waals surface area (Å²) in [5.74, 6) is 1.42. The lowest BCUT2D eigenvalue weighted by molar-refractivity contribution is -0.117. The van der Waals surface area contributed by atoms with Crippen molar-refractivity contribution >= 4 is 11.6 Å². The van der Waals surface area contributed by atoms with Gasteiger partial charge in [0.15, 0.2) is 11.5 Å². The minimum absolute atomic E-state index is 0.0147. The van der Waals surface area contributed by atoms with Crippen LogP contribution < -0.4 is 14.8 Å². The van der Waals surface area contributed by atoms with Crippen LogP contribution in [-0.2, 0) is 11.2 Å². The molecule has 1 unspecified atom stereocenters. The molecule has 1 heterocycles. The number of fused-ring (bicyclic) bond motifs is 1. The molecule has 0 aliphatic carbocycles. The van der Waals surface area contributed by atoms with Gasteiger partial charge in [-0.2, -0.15) is 0 Å². The third kappa shape index (κ3) is 4.42. The van der Waals surface area contributed by atoms with Gasteiger partial charge in [-0.15, -0.1) is 0 Å². The molecule has 3 aromatic rings. The number of methoxy groups -OCH3 is 2. The average Bonchev–Trinajstić information content (AvgIpc) is 2.80. The van der Waals surface area contributed by atoms with Crippen molar-refractivity contribution in [2.45, 2.75) is 19.4 Å². The molecule has 4 rings (SSSR count). The number of amides is 1. The Labute approximate surface area is 183 Å². The monoisotopic (exact) mass is 416 g/mol. The van der Waals surface area contributed by atoms with E-state index in [2.05, 4.69) is 34.5 Å². The van der Waals surface area contributed by atoms with E-state index < -0.39 is 0 Å². The number of benzene rings is 3. The summed E-state index contributed by atoms with van der Waals surface area (Å²) in [6, 6.07) is 22.2. The molecule has 5 nitrogen and oxygen atoms in total. The van der Waals surface area contributed by atoms with Crippen LogP contribution in [0.3, 0.4) is 0 Å². The number of carbonyl (C=O) groups excluding carboxylic acids is 1. The van der Waals surface area contributed by atoms with Crippen LogP contribution >= 0.6 is 0 Å². The number of aryl methyl sites for hydroxylation is 1. The standard InChI is InChI=1S/C26H28N2O3/c1-18-9-7-8-12-22(18)27-25(29)17-28-14-13-20-15-23(30-2)24(31-3)16-21(20)26(28)19-10-5-4-6-11-19/h4-12,15-16,26H,13-14,17H2,1-3H3,(H,27,29). The van der Waals surface area contributed by atoms with Gasteiger partial charge in [-0.05, 0) is 53.8 Å². The number of anilines is 1. The van der Waals surface area contributed by atoms with Crippen molar-refractivity contribution in [2.75, 3.05) is 32.6 Å². The van der Waals surface area contributed by atoms with Crippen LogP contribution in [0.2, 0.25) is 0 Å². The lowest BCUT2D eigenvalue weighted by atomic mass is 9.87. The summed E-state index contributed by atoms with van der Waals surface area (Å²) in [6.07, 6.45) is 0.844. The van der Waals surface area contributed by atoms with E-state index in [4.69, 9.17) is 9.47 Å². The zero-order valence-electron chi connectivity index (χ0n) is 18.2. The molecule has 0 aromatic heterocycles. The zero-order valence-corrected chi connectivity index (χ0v) is 18.2. The third-order valence-corrected chi connectivity index (χ3v) is 5.85. The maximum Gasteiger partial charge on any atom is 0.238 e. The van der Waals surface area contributed by atoms with Crippen molar-refractivity contribution in [3.05, 3.63) is 89.0 Å². The van der Waals surface area contributed by atoms with E-state index in [0.717, 1.165) is 41.1 Å². The van der Waals surface area contributed by atoms with Gasteiger partial charge in [0.05, 0.1) is 26.8 Å². The lowest BCUT2D eigenvalue weighted by Crippen LogP contribution is -2.41. The van der Waals surface area contributed by atoms with Gasteiger partial charge in [0.1, 0.15) is 0 Å². The lowest BCUT2D eigenvalue weighted by Gasteiger charge is -2.37. The summed E-state index contributed by atoms with van der Waals surface area (Å²) in [5.41, 5.74) is 5.43. The molecule has 0 fully saturated rings. The fourth-order valence-corrected chi connectivity index (χ4v) is 4.28. The SMILES string of the molecule is COc1cc2c(cc1OC)C(c1ccccc1)N(CC(=O)Nc1ccccc1C)CC2. The van der Waals surface area contributed by atoms with Gasteiger partial charge in [-0.25, -0.2) is 0 Å². The predicted octanol–water partition coefficient (Wildman–Crippen LogP) is 4.60. The molecule has 1 amide bonds. The fourth-order valence-electron chi connectivity index (χ4n) is 4.28. The Morgan fingerprint density at radius 3 is 2.39 bits per heavy atom. The van der Waals surface area contributed by atoms with Crippen LogP contribution in [0.15, 0.2) is 66.7 Å². The molecule has 0 saturated carbocycles. The van der Waals surface area contributed by atoms with Crippen LogP contribution in [0.4, 0.5) is 5.69 Å². The normalized spacial score (nSPS) is 15.8. The van der Waals surface area contributed by atoms with Crippen LogP contribution in [0.25, 0.3) is 0 Å². The molecular weight excluding hydrogens is 388 g/mol. The van der Waals surface area contributed by atoms with Crippen molar-refractivity contribution in [2.24, 2.45) is 0 Å². The maximum absolute atomic E-state index is 12.9. The van der Waals surface area contributed by atoms with Crippen molar-refractivity contribution in [3.8, 4) is 11.5 Å². The highest BCUT2D eigenvalue weighted by molar-refractivity contribution is 5.93. The minimum atomic E-state index is -0.0348. The minimum Gasteiger partial charge on any atom is -0.493 e. The number of nitrogens with one attached hydrogen (secondary N) is 1. The largest absolute Gasteiger partial charge is 0.493 e. The summed E-state index contributed by atoms with van der Waals surface area (Å²) in [6.45, 7) is 3.09. The Morgan fingerprint density at radius 1 is 1.00 bits per heavy atom. The molecule has 3 aromatic carbocycles. The van der Waals surface area contributed by atoms with Gasteiger partial charge in [-0.1, -0.05) is 48.5 Å². The average molecular weight is 417 g/mol. The first kappa shape index (κ1) is 20.9. The first-order chi connectivity index (χ1) is 15.1. The molecule has 0 radical (unpaired) electrons. The first-order valence-corrected chi connectivity index (χ1v) is 10.5. The molecule has 31 heavy (non-hydrogen) atoms. The van der Waals surface area contributed by atoms with Crippen molar-refractivity contribution in [1.29, 1.82) is 0 Å². The molecule has 1 aliphatic rings. The third-order valence-electron chi connectivity index (χ3n) is 5.85. The van der Waals surface area contributed by atoms with Crippen LogP contribution in [0, 0.1) is 6.92 Å². The molecule has 0 bridgehead atoms. The van der Waals surface area contributed by atoms with Crippen LogP contribution in [0.5, 0.6) is 11.5 Å². The Bertz CT molecular complexity index is 1070. The van der Waals surface area contributed by atoms with Gasteiger partial charge in [0.2, 0.25) is 5.91 Å². The molecular formula is C26H28N2O3. The summed E-state index contributed by atoms with van der Waals surface area (Å²) in [7, 11) is 3.31.